The maximum Gasteiger partial charge on any atom is 0.490 e. The second-order valence-corrected chi connectivity index (χ2v) is 19.1. The zero-order valence-electron chi connectivity index (χ0n) is 37.3. The molecule has 0 radical (unpaired) electrons. The van der Waals surface area contributed by atoms with Crippen molar-refractivity contribution in [3.63, 3.8) is 0 Å². The number of nitrogens with one attached hydrogen (secondary N) is 1. The van der Waals surface area contributed by atoms with E-state index < -0.39 is 85.0 Å². The SMILES string of the molecule is CC(N=[N+]=[N-])c1cc(NC(=O)COCCOCCN)ccc1C(=O)OCC#Cc1cn([C@H]2CC(OC(=O)c3ccccc3C(C)N=[N+]=[N-])[C@@H](COP(=O)(O)OP(=O)(O)OP(=O)(O)O)O2)c2ncnc(N)c12. The molecular weight excluding hydrogens is 1010 g/mol. The molecule has 5 rings (SSSR count). The van der Waals surface area contributed by atoms with Crippen LogP contribution >= 0.6 is 23.5 Å². The Labute approximate surface area is 401 Å². The van der Waals surface area contributed by atoms with Gasteiger partial charge in [0, 0.05) is 34.7 Å². The third-order valence-corrected chi connectivity index (χ3v) is 13.5. The number of carbonyl (C=O) groups excluding carboxylic acids is 3. The molecule has 4 aromatic rings. The van der Waals surface area contributed by atoms with Crippen LogP contribution in [-0.4, -0.2) is 110 Å². The molecule has 2 aromatic carbocycles. The first-order chi connectivity index (χ1) is 33.7. The lowest BCUT2D eigenvalue weighted by Gasteiger charge is -2.21. The van der Waals surface area contributed by atoms with Crippen LogP contribution in [0.4, 0.5) is 11.5 Å². The van der Waals surface area contributed by atoms with E-state index in [0.717, 1.165) is 6.33 Å². The van der Waals surface area contributed by atoms with E-state index in [1.807, 2.05) is 0 Å². The first-order valence-corrected chi connectivity index (χ1v) is 25.1. The summed E-state index contributed by atoms with van der Waals surface area (Å²) in [5.41, 5.74) is 30.8. The summed E-state index contributed by atoms with van der Waals surface area (Å²) in [6, 6.07) is 8.52. The Kier molecular flexibility index (Phi) is 19.7. The van der Waals surface area contributed by atoms with Gasteiger partial charge in [0.1, 0.15) is 42.8 Å². The predicted molar refractivity (Wildman–Crippen MR) is 244 cm³/mol. The Balaban J connectivity index is 1.37. The van der Waals surface area contributed by atoms with Crippen LogP contribution in [0.3, 0.4) is 0 Å². The number of carbonyl (C=O) groups is 3. The molecule has 380 valence electrons. The number of fused-ring (bicyclic) bond motifs is 1. The Morgan fingerprint density at radius 2 is 1.63 bits per heavy atom. The molecule has 0 saturated carbocycles. The van der Waals surface area contributed by atoms with Gasteiger partial charge in [0.2, 0.25) is 5.91 Å². The number of benzene rings is 2. The first kappa shape index (κ1) is 55.6. The average molecular weight is 1050 g/mol. The highest BCUT2D eigenvalue weighted by Crippen LogP contribution is 2.66. The minimum absolute atomic E-state index is 0.00273. The minimum atomic E-state index is -5.91. The minimum Gasteiger partial charge on any atom is -0.456 e. The van der Waals surface area contributed by atoms with E-state index in [4.69, 9.17) is 60.5 Å². The second kappa shape index (κ2) is 25.2. The van der Waals surface area contributed by atoms with Gasteiger partial charge in [-0.3, -0.25) is 9.32 Å². The summed E-state index contributed by atoms with van der Waals surface area (Å²) in [7, 11) is -17.3. The van der Waals surface area contributed by atoms with Crippen molar-refractivity contribution in [1.29, 1.82) is 0 Å². The van der Waals surface area contributed by atoms with E-state index in [1.54, 1.807) is 6.07 Å². The molecule has 9 N–H and O–H groups in total. The number of nitrogen functional groups attached to an aromatic ring is 1. The van der Waals surface area contributed by atoms with E-state index in [1.165, 1.54) is 61.0 Å². The quantitative estimate of drug-likeness (QED) is 0.00946. The summed E-state index contributed by atoms with van der Waals surface area (Å²) in [4.78, 5) is 91.2. The highest BCUT2D eigenvalue weighted by molar-refractivity contribution is 7.66. The number of anilines is 2. The monoisotopic (exact) mass is 1050 g/mol. The highest BCUT2D eigenvalue weighted by Gasteiger charge is 2.45. The van der Waals surface area contributed by atoms with Gasteiger partial charge >= 0.3 is 35.4 Å². The van der Waals surface area contributed by atoms with Crippen LogP contribution in [0.5, 0.6) is 0 Å². The number of ether oxygens (including phenoxy) is 5. The van der Waals surface area contributed by atoms with Crippen molar-refractivity contribution in [3.8, 4) is 11.8 Å². The van der Waals surface area contributed by atoms with Crippen molar-refractivity contribution in [1.82, 2.24) is 14.5 Å². The lowest BCUT2D eigenvalue weighted by atomic mass is 10.0. The number of esters is 2. The summed E-state index contributed by atoms with van der Waals surface area (Å²) in [5.74, 6) is 3.15. The molecule has 1 aliphatic heterocycles. The van der Waals surface area contributed by atoms with Gasteiger partial charge in [0.05, 0.1) is 60.6 Å². The van der Waals surface area contributed by atoms with Crippen molar-refractivity contribution in [2.75, 3.05) is 57.2 Å². The molecular formula is C38H45N12O18P3. The second-order valence-electron chi connectivity index (χ2n) is 14.6. The molecule has 0 aliphatic carbocycles. The van der Waals surface area contributed by atoms with E-state index in [9.17, 15) is 37.9 Å². The maximum absolute atomic E-state index is 13.7. The van der Waals surface area contributed by atoms with Crippen LogP contribution in [0.2, 0.25) is 0 Å². The summed E-state index contributed by atoms with van der Waals surface area (Å²) in [6.07, 6.45) is -1.75. The molecule has 2 aromatic heterocycles. The van der Waals surface area contributed by atoms with E-state index in [2.05, 4.69) is 55.8 Å². The van der Waals surface area contributed by atoms with E-state index >= 15 is 0 Å². The van der Waals surface area contributed by atoms with Crippen molar-refractivity contribution in [2.24, 2.45) is 16.0 Å². The summed E-state index contributed by atoms with van der Waals surface area (Å²) < 4.78 is 77.6. The molecule has 1 aliphatic rings. The Morgan fingerprint density at radius 3 is 2.34 bits per heavy atom. The normalized spacial score (nSPS) is 18.0. The third kappa shape index (κ3) is 16.1. The number of rotatable bonds is 24. The van der Waals surface area contributed by atoms with Crippen LogP contribution in [0.1, 0.15) is 76.0 Å². The highest BCUT2D eigenvalue weighted by atomic mass is 31.3. The topological polar surface area (TPSA) is 449 Å². The fraction of sp³-hybridized carbons (Fsp3) is 0.395. The fourth-order valence-corrected chi connectivity index (χ4v) is 9.74. The molecule has 7 atom stereocenters. The Morgan fingerprint density at radius 1 is 0.944 bits per heavy atom. The average Bonchev–Trinajstić information content (AvgIpc) is 3.88. The first-order valence-electron chi connectivity index (χ1n) is 20.5. The van der Waals surface area contributed by atoms with Crippen molar-refractivity contribution in [2.45, 2.75) is 50.8 Å². The van der Waals surface area contributed by atoms with Gasteiger partial charge in [0.15, 0.2) is 6.61 Å². The number of phosphoric ester groups is 1. The van der Waals surface area contributed by atoms with Crippen LogP contribution in [0.25, 0.3) is 31.9 Å². The summed E-state index contributed by atoms with van der Waals surface area (Å²) in [5, 5.41) is 10.1. The lowest BCUT2D eigenvalue weighted by Crippen LogP contribution is -2.31. The van der Waals surface area contributed by atoms with Crippen molar-refractivity contribution < 1.29 is 84.5 Å². The zero-order chi connectivity index (χ0) is 51.9. The number of azide groups is 2. The van der Waals surface area contributed by atoms with Crippen molar-refractivity contribution in [3.05, 3.63) is 104 Å². The number of nitrogens with two attached hydrogens (primary N) is 2. The number of nitrogens with zero attached hydrogens (tertiary/aromatic N) is 9. The van der Waals surface area contributed by atoms with Crippen LogP contribution in [0, 0.1) is 11.8 Å². The lowest BCUT2D eigenvalue weighted by molar-refractivity contribution is -0.121. The molecule has 1 fully saturated rings. The van der Waals surface area contributed by atoms with Gasteiger partial charge in [-0.05, 0) is 46.5 Å². The fourth-order valence-electron chi connectivity index (χ4n) is 6.71. The van der Waals surface area contributed by atoms with Gasteiger partial charge in [0.25, 0.3) is 0 Å². The molecule has 0 spiro atoms. The van der Waals surface area contributed by atoms with Crippen LogP contribution in [0.15, 0.2) is 65.2 Å². The number of phosphoric acid groups is 3. The number of hydrogen-bond donors (Lipinski definition) is 7. The van der Waals surface area contributed by atoms with Gasteiger partial charge in [-0.2, -0.15) is 8.62 Å². The van der Waals surface area contributed by atoms with Crippen molar-refractivity contribution >= 4 is 63.9 Å². The molecule has 0 bridgehead atoms. The zero-order valence-corrected chi connectivity index (χ0v) is 39.9. The maximum atomic E-state index is 13.7. The molecule has 3 heterocycles. The molecule has 30 nitrogen and oxygen atoms in total. The molecule has 71 heavy (non-hydrogen) atoms. The smallest absolute Gasteiger partial charge is 0.456 e. The molecule has 1 saturated heterocycles. The Bertz CT molecular complexity index is 2920. The number of amides is 1. The van der Waals surface area contributed by atoms with Crippen LogP contribution in [-0.2, 0) is 55.3 Å². The molecule has 1 amide bonds. The Hall–Kier alpha value is -6.30. The van der Waals surface area contributed by atoms with Gasteiger partial charge in [-0.25, -0.2) is 33.3 Å². The summed E-state index contributed by atoms with van der Waals surface area (Å²) in [6.45, 7) is 2.30. The predicted octanol–water partition coefficient (Wildman–Crippen LogP) is 4.75. The third-order valence-electron chi connectivity index (χ3n) is 9.66. The van der Waals surface area contributed by atoms with E-state index in [-0.39, 0.29) is 76.6 Å². The van der Waals surface area contributed by atoms with Gasteiger partial charge in [-0.15, -0.1) is 0 Å². The van der Waals surface area contributed by atoms with Gasteiger partial charge in [-0.1, -0.05) is 54.1 Å². The van der Waals surface area contributed by atoms with Crippen LogP contribution < -0.4 is 16.8 Å². The van der Waals surface area contributed by atoms with E-state index in [0.29, 0.717) is 13.2 Å². The summed E-state index contributed by atoms with van der Waals surface area (Å²) >= 11 is 0. The largest absolute Gasteiger partial charge is 0.490 e. The standard InChI is InChI=1S/C38H45N12O18P3/c1-22(46-48-41)26-7-3-4-8-27(26)38(53)66-30-17-33(65-31(30)19-64-70(57,58)68-71(59,60)67-69(54,55)56)50-18-24(34-35(40)43-21-44-36(34)50)6-5-12-63-37(52)28-10-9-25(16-29(28)23(2)47-49-42)45-32(51)20-62-15-14-61-13-11-39/h3-4,7-10,16,18,21-23,30-31,33H,11-15,17,19-20,39H2,1-2H3,(H,45,51)(H,57,58)(H,59,60)(H2,40,43,44)(H2,54,55,56)/t22?,23?,30?,31-,33-/m1/s1. The van der Waals surface area contributed by atoms with Gasteiger partial charge < -0.3 is 64.6 Å². The molecule has 5 unspecified atom stereocenters. The number of aromatic nitrogens is 3. The molecule has 33 heteroatoms. The number of hydrogen-bond acceptors (Lipinski definition) is 20.